The highest BCUT2D eigenvalue weighted by Gasteiger charge is 2.35. The Hall–Kier alpha value is -3.06. The van der Waals surface area contributed by atoms with E-state index in [1.807, 2.05) is 49.4 Å². The van der Waals surface area contributed by atoms with Crippen molar-refractivity contribution in [3.63, 3.8) is 0 Å². The standard InChI is InChI=1S/C27H35N3O4/c1-5-34-21-8-6-20(7-9-21)25-17-24(23-11-10-22(32-3)16-26(23)33-4)28-30(25)27(31)18-29-14-12-19(2)13-15-29/h6-11,16,19,25H,5,12-15,17-18H2,1-4H3. The fraction of sp³-hybridized carbons (Fsp3) is 0.481. The van der Waals surface area contributed by atoms with Crippen LogP contribution in [0, 0.1) is 5.92 Å². The molecule has 2 aromatic carbocycles. The first-order chi connectivity index (χ1) is 16.5. The van der Waals surface area contributed by atoms with E-state index in [1.54, 1.807) is 19.2 Å². The molecule has 2 aliphatic heterocycles. The van der Waals surface area contributed by atoms with Crippen LogP contribution in [0.15, 0.2) is 47.6 Å². The number of hydrogen-bond donors (Lipinski definition) is 0. The van der Waals surface area contributed by atoms with Gasteiger partial charge in [0.15, 0.2) is 0 Å². The van der Waals surface area contributed by atoms with Crippen molar-refractivity contribution in [2.75, 3.05) is 40.5 Å². The first-order valence-electron chi connectivity index (χ1n) is 12.1. The summed E-state index contributed by atoms with van der Waals surface area (Å²) in [5.41, 5.74) is 2.75. The van der Waals surface area contributed by atoms with Crippen molar-refractivity contribution in [3.05, 3.63) is 53.6 Å². The van der Waals surface area contributed by atoms with Gasteiger partial charge in [0.1, 0.15) is 17.2 Å². The molecule has 4 rings (SSSR count). The van der Waals surface area contributed by atoms with Crippen LogP contribution in [0.4, 0.5) is 0 Å². The Bertz CT molecular complexity index is 1010. The Morgan fingerprint density at radius 2 is 1.74 bits per heavy atom. The van der Waals surface area contributed by atoms with Crippen molar-refractivity contribution in [1.29, 1.82) is 0 Å². The predicted octanol–water partition coefficient (Wildman–Crippen LogP) is 4.51. The molecule has 2 aliphatic rings. The second kappa shape index (κ2) is 10.9. The summed E-state index contributed by atoms with van der Waals surface area (Å²) in [5, 5.41) is 6.51. The minimum atomic E-state index is -0.173. The third-order valence-electron chi connectivity index (χ3n) is 6.70. The third kappa shape index (κ3) is 5.36. The average Bonchev–Trinajstić information content (AvgIpc) is 3.31. The zero-order valence-electron chi connectivity index (χ0n) is 20.6. The lowest BCUT2D eigenvalue weighted by Crippen LogP contribution is -2.41. The van der Waals surface area contributed by atoms with Crippen LogP contribution in [0.1, 0.15) is 50.3 Å². The number of piperidine rings is 1. The van der Waals surface area contributed by atoms with Crippen LogP contribution in [0.2, 0.25) is 0 Å². The van der Waals surface area contributed by atoms with Crippen molar-refractivity contribution in [1.82, 2.24) is 9.91 Å². The Morgan fingerprint density at radius 3 is 2.38 bits per heavy atom. The molecule has 1 saturated heterocycles. The van der Waals surface area contributed by atoms with Crippen molar-refractivity contribution >= 4 is 11.6 Å². The molecule has 0 bridgehead atoms. The summed E-state index contributed by atoms with van der Waals surface area (Å²) in [6.07, 6.45) is 2.87. The quantitative estimate of drug-likeness (QED) is 0.574. The summed E-state index contributed by atoms with van der Waals surface area (Å²) in [6.45, 7) is 7.16. The van der Waals surface area contributed by atoms with Crippen molar-refractivity contribution in [2.24, 2.45) is 11.0 Å². The second-order valence-corrected chi connectivity index (χ2v) is 9.03. The van der Waals surface area contributed by atoms with Gasteiger partial charge in [0.25, 0.3) is 5.91 Å². The highest BCUT2D eigenvalue weighted by molar-refractivity contribution is 6.05. The van der Waals surface area contributed by atoms with Gasteiger partial charge in [-0.05, 0) is 68.6 Å². The van der Waals surface area contributed by atoms with E-state index in [9.17, 15) is 4.79 Å². The van der Waals surface area contributed by atoms with Crippen molar-refractivity contribution in [2.45, 2.75) is 39.2 Å². The van der Waals surface area contributed by atoms with Gasteiger partial charge in [0.05, 0.1) is 39.1 Å². The SMILES string of the molecule is CCOc1ccc(C2CC(c3ccc(OC)cc3OC)=NN2C(=O)CN2CCC(C)CC2)cc1. The first kappa shape index (κ1) is 24.1. The van der Waals surface area contributed by atoms with Crippen LogP contribution >= 0.6 is 0 Å². The fourth-order valence-corrected chi connectivity index (χ4v) is 4.64. The number of nitrogens with zero attached hydrogens (tertiary/aromatic N) is 3. The fourth-order valence-electron chi connectivity index (χ4n) is 4.64. The molecule has 34 heavy (non-hydrogen) atoms. The Morgan fingerprint density at radius 1 is 1.03 bits per heavy atom. The summed E-state index contributed by atoms with van der Waals surface area (Å²) in [7, 11) is 3.27. The maximum atomic E-state index is 13.5. The number of rotatable bonds is 8. The Kier molecular flexibility index (Phi) is 7.73. The van der Waals surface area contributed by atoms with Crippen LogP contribution in [0.5, 0.6) is 17.2 Å². The number of hydrazone groups is 1. The van der Waals surface area contributed by atoms with Gasteiger partial charge < -0.3 is 14.2 Å². The molecular weight excluding hydrogens is 430 g/mol. The minimum Gasteiger partial charge on any atom is -0.497 e. The summed E-state index contributed by atoms with van der Waals surface area (Å²) >= 11 is 0. The number of likely N-dealkylation sites (tertiary alicyclic amines) is 1. The number of methoxy groups -OCH3 is 2. The lowest BCUT2D eigenvalue weighted by molar-refractivity contribution is -0.134. The second-order valence-electron chi connectivity index (χ2n) is 9.03. The van der Waals surface area contributed by atoms with Gasteiger partial charge in [-0.25, -0.2) is 5.01 Å². The number of benzene rings is 2. The molecule has 0 spiro atoms. The number of hydrogen-bond acceptors (Lipinski definition) is 6. The molecule has 7 heteroatoms. The summed E-state index contributed by atoms with van der Waals surface area (Å²) in [5.74, 6) is 2.97. The monoisotopic (exact) mass is 465 g/mol. The third-order valence-corrected chi connectivity index (χ3v) is 6.70. The lowest BCUT2D eigenvalue weighted by Gasteiger charge is -2.31. The molecule has 2 aromatic rings. The maximum Gasteiger partial charge on any atom is 0.257 e. The average molecular weight is 466 g/mol. The number of carbonyl (C=O) groups is 1. The predicted molar refractivity (Wildman–Crippen MR) is 133 cm³/mol. The van der Waals surface area contributed by atoms with E-state index in [0.29, 0.717) is 25.3 Å². The van der Waals surface area contributed by atoms with Crippen LogP contribution < -0.4 is 14.2 Å². The van der Waals surface area contributed by atoms with E-state index in [4.69, 9.17) is 19.3 Å². The largest absolute Gasteiger partial charge is 0.497 e. The zero-order valence-corrected chi connectivity index (χ0v) is 20.6. The van der Waals surface area contributed by atoms with Gasteiger partial charge in [-0.15, -0.1) is 0 Å². The van der Waals surface area contributed by atoms with E-state index in [-0.39, 0.29) is 11.9 Å². The Balaban J connectivity index is 1.61. The first-order valence-corrected chi connectivity index (χ1v) is 12.1. The van der Waals surface area contributed by atoms with E-state index in [1.165, 1.54) is 0 Å². The summed E-state index contributed by atoms with van der Waals surface area (Å²) < 4.78 is 16.6. The van der Waals surface area contributed by atoms with Crippen molar-refractivity contribution in [3.8, 4) is 17.2 Å². The van der Waals surface area contributed by atoms with Gasteiger partial charge in [-0.1, -0.05) is 19.1 Å². The zero-order chi connectivity index (χ0) is 24.1. The molecule has 0 N–H and O–H groups in total. The minimum absolute atomic E-state index is 0.0240. The van der Waals surface area contributed by atoms with Gasteiger partial charge in [0.2, 0.25) is 0 Å². The molecule has 2 heterocycles. The molecule has 0 saturated carbocycles. The highest BCUT2D eigenvalue weighted by atomic mass is 16.5. The van der Waals surface area contributed by atoms with Gasteiger partial charge in [0, 0.05) is 18.1 Å². The normalized spacial score (nSPS) is 19.1. The lowest BCUT2D eigenvalue weighted by atomic mass is 9.97. The van der Waals surface area contributed by atoms with Crippen molar-refractivity contribution < 1.29 is 19.0 Å². The van der Waals surface area contributed by atoms with Crippen LogP contribution in [-0.4, -0.2) is 62.0 Å². The molecule has 182 valence electrons. The Labute approximate surface area is 202 Å². The van der Waals surface area contributed by atoms with Gasteiger partial charge in [-0.3, -0.25) is 9.69 Å². The van der Waals surface area contributed by atoms with E-state index < -0.39 is 0 Å². The maximum absolute atomic E-state index is 13.5. The number of ether oxygens (including phenoxy) is 3. The van der Waals surface area contributed by atoms with Crippen LogP contribution in [0.3, 0.4) is 0 Å². The summed E-state index contributed by atoms with van der Waals surface area (Å²) in [6, 6.07) is 13.5. The van der Waals surface area contributed by atoms with E-state index >= 15 is 0 Å². The topological polar surface area (TPSA) is 63.6 Å². The number of amides is 1. The molecule has 1 unspecified atom stereocenters. The molecule has 1 fully saturated rings. The van der Waals surface area contributed by atoms with Crippen LogP contribution in [0.25, 0.3) is 0 Å². The summed E-state index contributed by atoms with van der Waals surface area (Å²) in [4.78, 5) is 15.7. The molecule has 1 amide bonds. The molecule has 1 atom stereocenters. The molecule has 0 aromatic heterocycles. The van der Waals surface area contributed by atoms with Gasteiger partial charge >= 0.3 is 0 Å². The smallest absolute Gasteiger partial charge is 0.257 e. The van der Waals surface area contributed by atoms with Crippen LogP contribution in [-0.2, 0) is 4.79 Å². The van der Waals surface area contributed by atoms with Gasteiger partial charge in [-0.2, -0.15) is 5.10 Å². The highest BCUT2D eigenvalue weighted by Crippen LogP contribution is 2.37. The molecule has 0 aliphatic carbocycles. The van der Waals surface area contributed by atoms with E-state index in [0.717, 1.165) is 60.2 Å². The molecule has 0 radical (unpaired) electrons. The molecular formula is C27H35N3O4. The number of carbonyl (C=O) groups excluding carboxylic acids is 1. The van der Waals surface area contributed by atoms with E-state index in [2.05, 4.69) is 11.8 Å². The molecule has 7 nitrogen and oxygen atoms in total.